The van der Waals surface area contributed by atoms with Crippen LogP contribution in [-0.4, -0.2) is 4.68 Å². The van der Waals surface area contributed by atoms with Crippen LogP contribution in [0.1, 0.15) is 0 Å². The first-order valence-electron chi connectivity index (χ1n) is 5.92. The highest BCUT2D eigenvalue weighted by Gasteiger charge is 2.08. The van der Waals surface area contributed by atoms with E-state index in [4.69, 9.17) is 11.6 Å². The highest BCUT2D eigenvalue weighted by Crippen LogP contribution is 2.26. The fraction of sp³-hybridized carbons (Fsp3) is 0. The number of fused-ring (bicyclic) bond motifs is 1. The quantitative estimate of drug-likeness (QED) is 0.513. The van der Waals surface area contributed by atoms with E-state index in [-0.39, 0.29) is 5.56 Å². The molecule has 19 heavy (non-hydrogen) atoms. The Hall–Kier alpha value is -2.75. The number of nitrogen functional groups attached to an aromatic ring is 2. The number of anilines is 1. The molecule has 0 atom stereocenters. The number of pyridine rings is 1. The van der Waals surface area contributed by atoms with Crippen molar-refractivity contribution in [3.8, 4) is 11.1 Å². The molecule has 0 aliphatic heterocycles. The minimum atomic E-state index is -0.199. The number of rotatable bonds is 1. The van der Waals surface area contributed by atoms with Crippen LogP contribution in [0.15, 0.2) is 59.5 Å². The van der Waals surface area contributed by atoms with Crippen molar-refractivity contribution in [1.82, 2.24) is 4.68 Å². The molecular weight excluding hydrogens is 238 g/mol. The zero-order valence-corrected chi connectivity index (χ0v) is 10.2. The number of nitrogens with zero attached hydrogens (tertiary/aromatic N) is 1. The lowest BCUT2D eigenvalue weighted by molar-refractivity contribution is 0.955. The summed E-state index contributed by atoms with van der Waals surface area (Å²) in [4.78, 5) is 12.0. The SMILES string of the molecule is Nc1ccc(-c2cn(N)c(=O)c3ccccc23)cc1. The molecule has 3 aromatic rings. The van der Waals surface area contributed by atoms with Crippen molar-refractivity contribution in [2.45, 2.75) is 0 Å². The predicted octanol–water partition coefficient (Wildman–Crippen LogP) is 1.96. The van der Waals surface area contributed by atoms with Gasteiger partial charge in [-0.1, -0.05) is 30.3 Å². The van der Waals surface area contributed by atoms with Gasteiger partial charge in [-0.05, 0) is 29.1 Å². The van der Waals surface area contributed by atoms with Crippen LogP contribution in [0.25, 0.3) is 21.9 Å². The van der Waals surface area contributed by atoms with E-state index in [9.17, 15) is 4.79 Å². The summed E-state index contributed by atoms with van der Waals surface area (Å²) in [5.41, 5.74) is 8.09. The van der Waals surface area contributed by atoms with Crippen molar-refractivity contribution in [1.29, 1.82) is 0 Å². The molecule has 3 rings (SSSR count). The Morgan fingerprint density at radius 3 is 2.21 bits per heavy atom. The normalized spacial score (nSPS) is 10.7. The molecule has 2 aromatic carbocycles. The molecule has 0 saturated carbocycles. The Labute approximate surface area is 109 Å². The van der Waals surface area contributed by atoms with E-state index in [1.807, 2.05) is 42.5 Å². The Balaban J connectivity index is 2.38. The zero-order valence-electron chi connectivity index (χ0n) is 10.2. The molecular formula is C15H13N3O. The lowest BCUT2D eigenvalue weighted by Crippen LogP contribution is -2.26. The summed E-state index contributed by atoms with van der Waals surface area (Å²) in [7, 11) is 0. The summed E-state index contributed by atoms with van der Waals surface area (Å²) in [5.74, 6) is 5.73. The van der Waals surface area contributed by atoms with Gasteiger partial charge in [0.05, 0.1) is 0 Å². The van der Waals surface area contributed by atoms with Crippen LogP contribution in [0.4, 0.5) is 5.69 Å². The molecule has 4 heteroatoms. The molecule has 0 aliphatic carbocycles. The molecule has 4 nitrogen and oxygen atoms in total. The molecule has 0 radical (unpaired) electrons. The molecule has 0 unspecified atom stereocenters. The van der Waals surface area contributed by atoms with E-state index < -0.39 is 0 Å². The number of aromatic nitrogens is 1. The van der Waals surface area contributed by atoms with Gasteiger partial charge in [-0.3, -0.25) is 4.79 Å². The first kappa shape index (κ1) is 11.3. The third-order valence-corrected chi connectivity index (χ3v) is 3.17. The number of nitrogens with two attached hydrogens (primary N) is 2. The van der Waals surface area contributed by atoms with Crippen LogP contribution in [0, 0.1) is 0 Å². The molecule has 0 bridgehead atoms. The Morgan fingerprint density at radius 1 is 0.895 bits per heavy atom. The van der Waals surface area contributed by atoms with E-state index in [2.05, 4.69) is 0 Å². The highest BCUT2D eigenvalue weighted by molar-refractivity contribution is 5.95. The molecule has 0 aliphatic rings. The van der Waals surface area contributed by atoms with Gasteiger partial charge in [0.15, 0.2) is 0 Å². The van der Waals surface area contributed by atoms with Crippen molar-refractivity contribution in [3.63, 3.8) is 0 Å². The molecule has 0 spiro atoms. The van der Waals surface area contributed by atoms with Gasteiger partial charge in [-0.15, -0.1) is 0 Å². The molecule has 0 saturated heterocycles. The van der Waals surface area contributed by atoms with Crippen molar-refractivity contribution in [2.24, 2.45) is 0 Å². The van der Waals surface area contributed by atoms with Crippen molar-refractivity contribution in [2.75, 3.05) is 11.6 Å². The first-order valence-corrected chi connectivity index (χ1v) is 5.92. The van der Waals surface area contributed by atoms with E-state index in [1.165, 1.54) is 0 Å². The topological polar surface area (TPSA) is 74.0 Å². The average Bonchev–Trinajstić information content (AvgIpc) is 2.44. The van der Waals surface area contributed by atoms with E-state index >= 15 is 0 Å². The molecule has 0 fully saturated rings. The van der Waals surface area contributed by atoms with Gasteiger partial charge < -0.3 is 11.6 Å². The largest absolute Gasteiger partial charge is 0.399 e. The molecule has 0 amide bonds. The lowest BCUT2D eigenvalue weighted by atomic mass is 10.0. The number of hydrogen-bond acceptors (Lipinski definition) is 3. The second kappa shape index (κ2) is 4.17. The molecule has 4 N–H and O–H groups in total. The number of benzene rings is 2. The van der Waals surface area contributed by atoms with E-state index in [1.54, 1.807) is 12.3 Å². The summed E-state index contributed by atoms with van der Waals surface area (Å²) >= 11 is 0. The fourth-order valence-corrected chi connectivity index (χ4v) is 2.20. The van der Waals surface area contributed by atoms with Crippen LogP contribution in [0.5, 0.6) is 0 Å². The van der Waals surface area contributed by atoms with Gasteiger partial charge in [-0.2, -0.15) is 0 Å². The summed E-state index contributed by atoms with van der Waals surface area (Å²) in [6, 6.07) is 14.9. The smallest absolute Gasteiger partial charge is 0.276 e. The zero-order chi connectivity index (χ0) is 13.4. The van der Waals surface area contributed by atoms with Gasteiger partial charge in [0.2, 0.25) is 0 Å². The summed E-state index contributed by atoms with van der Waals surface area (Å²) in [5, 5.41) is 1.50. The summed E-state index contributed by atoms with van der Waals surface area (Å²) < 4.78 is 1.12. The van der Waals surface area contributed by atoms with Crippen LogP contribution < -0.4 is 17.1 Å². The monoisotopic (exact) mass is 251 g/mol. The van der Waals surface area contributed by atoms with Gasteiger partial charge in [-0.25, -0.2) is 4.68 Å². The van der Waals surface area contributed by atoms with E-state index in [0.29, 0.717) is 11.1 Å². The maximum Gasteiger partial charge on any atom is 0.276 e. The predicted molar refractivity (Wildman–Crippen MR) is 78.2 cm³/mol. The fourth-order valence-electron chi connectivity index (χ4n) is 2.20. The van der Waals surface area contributed by atoms with Gasteiger partial charge >= 0.3 is 0 Å². The number of hydrogen-bond donors (Lipinski definition) is 2. The van der Waals surface area contributed by atoms with Crippen LogP contribution in [-0.2, 0) is 0 Å². The lowest BCUT2D eigenvalue weighted by Gasteiger charge is -2.09. The first-order chi connectivity index (χ1) is 9.16. The third kappa shape index (κ3) is 1.83. The van der Waals surface area contributed by atoms with Crippen LogP contribution in [0.2, 0.25) is 0 Å². The molecule has 1 aromatic heterocycles. The summed E-state index contributed by atoms with van der Waals surface area (Å²) in [6.45, 7) is 0. The van der Waals surface area contributed by atoms with Gasteiger partial charge in [0.25, 0.3) is 5.56 Å². The summed E-state index contributed by atoms with van der Waals surface area (Å²) in [6.07, 6.45) is 1.65. The van der Waals surface area contributed by atoms with Crippen LogP contribution in [0.3, 0.4) is 0 Å². The molecule has 1 heterocycles. The highest BCUT2D eigenvalue weighted by atomic mass is 16.1. The Kier molecular flexibility index (Phi) is 2.49. The van der Waals surface area contributed by atoms with Gasteiger partial charge in [0, 0.05) is 22.8 Å². The minimum Gasteiger partial charge on any atom is -0.399 e. The second-order valence-corrected chi connectivity index (χ2v) is 4.42. The maximum absolute atomic E-state index is 12.0. The Morgan fingerprint density at radius 2 is 1.53 bits per heavy atom. The third-order valence-electron chi connectivity index (χ3n) is 3.17. The van der Waals surface area contributed by atoms with Gasteiger partial charge in [0.1, 0.15) is 0 Å². The maximum atomic E-state index is 12.0. The van der Waals surface area contributed by atoms with E-state index in [0.717, 1.165) is 21.2 Å². The second-order valence-electron chi connectivity index (χ2n) is 4.42. The average molecular weight is 251 g/mol. The van der Waals surface area contributed by atoms with Crippen molar-refractivity contribution >= 4 is 16.5 Å². The minimum absolute atomic E-state index is 0.199. The van der Waals surface area contributed by atoms with Crippen LogP contribution >= 0.6 is 0 Å². The Bertz CT molecular complexity index is 804. The molecule has 94 valence electrons. The van der Waals surface area contributed by atoms with Crippen molar-refractivity contribution in [3.05, 3.63) is 65.1 Å². The van der Waals surface area contributed by atoms with Crippen molar-refractivity contribution < 1.29 is 0 Å². The standard InChI is InChI=1S/C15H13N3O/c16-11-7-5-10(6-8-11)14-9-18(17)15(19)13-4-2-1-3-12(13)14/h1-9H,16-17H2.